The van der Waals surface area contributed by atoms with E-state index < -0.39 is 0 Å². The second-order valence-corrected chi connectivity index (χ2v) is 4.62. The molecule has 2 rings (SSSR count). The minimum absolute atomic E-state index is 0.524. The largest absolute Gasteiger partial charge is 0.310 e. The van der Waals surface area contributed by atoms with Gasteiger partial charge in [-0.15, -0.1) is 0 Å². The van der Waals surface area contributed by atoms with Crippen LogP contribution in [-0.2, 0) is 0 Å². The average molecular weight is 210 g/mol. The van der Waals surface area contributed by atoms with Crippen LogP contribution in [0.3, 0.4) is 0 Å². The monoisotopic (exact) mass is 209 g/mol. The molecule has 0 aliphatic carbocycles. The summed E-state index contributed by atoms with van der Waals surface area (Å²) in [5.41, 5.74) is 1.36. The fraction of sp³-hybridized carbons (Fsp3) is 0.500. The summed E-state index contributed by atoms with van der Waals surface area (Å²) in [6.07, 6.45) is 2.53. The molecule has 0 spiro atoms. The molecule has 0 radical (unpaired) electrons. The van der Waals surface area contributed by atoms with E-state index in [1.807, 2.05) is 12.1 Å². The lowest BCUT2D eigenvalue weighted by molar-refractivity contribution is 0.325. The van der Waals surface area contributed by atoms with Crippen molar-refractivity contribution in [1.29, 1.82) is 0 Å². The molecule has 1 aliphatic heterocycles. The SMILES string of the molecule is CC1CCNC(c2ccc(Cl)cc2)C1. The van der Waals surface area contributed by atoms with Crippen molar-refractivity contribution in [2.24, 2.45) is 5.92 Å². The third-order valence-electron chi connectivity index (χ3n) is 2.94. The number of halogens is 1. The van der Waals surface area contributed by atoms with E-state index in [0.29, 0.717) is 6.04 Å². The molecular weight excluding hydrogens is 194 g/mol. The average Bonchev–Trinajstić information content (AvgIpc) is 2.19. The highest BCUT2D eigenvalue weighted by Gasteiger charge is 2.19. The standard InChI is InChI=1S/C12H16ClN/c1-9-6-7-14-12(8-9)10-2-4-11(13)5-3-10/h2-5,9,12,14H,6-8H2,1H3. The summed E-state index contributed by atoms with van der Waals surface area (Å²) in [4.78, 5) is 0. The molecule has 76 valence electrons. The van der Waals surface area contributed by atoms with Crippen molar-refractivity contribution in [2.75, 3.05) is 6.54 Å². The van der Waals surface area contributed by atoms with Crippen molar-refractivity contribution in [3.8, 4) is 0 Å². The molecule has 0 saturated carbocycles. The van der Waals surface area contributed by atoms with Crippen LogP contribution in [0.1, 0.15) is 31.4 Å². The predicted molar refractivity (Wildman–Crippen MR) is 60.6 cm³/mol. The van der Waals surface area contributed by atoms with Crippen molar-refractivity contribution in [3.05, 3.63) is 34.9 Å². The van der Waals surface area contributed by atoms with Gasteiger partial charge in [-0.1, -0.05) is 30.7 Å². The van der Waals surface area contributed by atoms with Gasteiger partial charge in [-0.25, -0.2) is 0 Å². The van der Waals surface area contributed by atoms with Gasteiger partial charge in [0, 0.05) is 11.1 Å². The minimum Gasteiger partial charge on any atom is -0.310 e. The maximum atomic E-state index is 5.86. The van der Waals surface area contributed by atoms with E-state index in [-0.39, 0.29) is 0 Å². The fourth-order valence-corrected chi connectivity index (χ4v) is 2.18. The van der Waals surface area contributed by atoms with E-state index in [1.165, 1.54) is 18.4 Å². The van der Waals surface area contributed by atoms with Gasteiger partial charge in [0.05, 0.1) is 0 Å². The van der Waals surface area contributed by atoms with Crippen molar-refractivity contribution in [1.82, 2.24) is 5.32 Å². The fourth-order valence-electron chi connectivity index (χ4n) is 2.06. The quantitative estimate of drug-likeness (QED) is 0.748. The third kappa shape index (κ3) is 2.28. The molecule has 1 aliphatic rings. The number of benzene rings is 1. The molecule has 1 heterocycles. The summed E-state index contributed by atoms with van der Waals surface area (Å²) in [6.45, 7) is 3.46. The van der Waals surface area contributed by atoms with E-state index in [1.54, 1.807) is 0 Å². The molecule has 1 aromatic rings. The Labute approximate surface area is 90.5 Å². The Bertz CT molecular complexity index is 294. The van der Waals surface area contributed by atoms with Gasteiger partial charge >= 0.3 is 0 Å². The van der Waals surface area contributed by atoms with Crippen LogP contribution in [-0.4, -0.2) is 6.54 Å². The molecule has 0 bridgehead atoms. The van der Waals surface area contributed by atoms with Crippen molar-refractivity contribution in [2.45, 2.75) is 25.8 Å². The Hall–Kier alpha value is -0.530. The molecule has 2 unspecified atom stereocenters. The van der Waals surface area contributed by atoms with Crippen molar-refractivity contribution in [3.63, 3.8) is 0 Å². The zero-order chi connectivity index (χ0) is 9.97. The van der Waals surface area contributed by atoms with Crippen molar-refractivity contribution < 1.29 is 0 Å². The molecule has 1 saturated heterocycles. The smallest absolute Gasteiger partial charge is 0.0406 e. The van der Waals surface area contributed by atoms with Gasteiger partial charge in [0.1, 0.15) is 0 Å². The highest BCUT2D eigenvalue weighted by Crippen LogP contribution is 2.27. The summed E-state index contributed by atoms with van der Waals surface area (Å²) >= 11 is 5.86. The molecule has 1 nitrogen and oxygen atoms in total. The Kier molecular flexibility index (Phi) is 3.09. The zero-order valence-corrected chi connectivity index (χ0v) is 9.22. The van der Waals surface area contributed by atoms with E-state index in [9.17, 15) is 0 Å². The van der Waals surface area contributed by atoms with E-state index >= 15 is 0 Å². The van der Waals surface area contributed by atoms with Gasteiger partial charge < -0.3 is 5.32 Å². The van der Waals surface area contributed by atoms with Gasteiger partial charge in [-0.2, -0.15) is 0 Å². The number of piperidine rings is 1. The van der Waals surface area contributed by atoms with Crippen LogP contribution in [0.4, 0.5) is 0 Å². The van der Waals surface area contributed by atoms with Gasteiger partial charge in [0.15, 0.2) is 0 Å². The molecule has 1 N–H and O–H groups in total. The van der Waals surface area contributed by atoms with Crippen LogP contribution in [0.25, 0.3) is 0 Å². The Morgan fingerprint density at radius 1 is 1.29 bits per heavy atom. The van der Waals surface area contributed by atoms with Crippen LogP contribution in [0.15, 0.2) is 24.3 Å². The van der Waals surface area contributed by atoms with Gasteiger partial charge in [-0.3, -0.25) is 0 Å². The van der Waals surface area contributed by atoms with Crippen LogP contribution < -0.4 is 5.32 Å². The number of hydrogen-bond donors (Lipinski definition) is 1. The number of hydrogen-bond acceptors (Lipinski definition) is 1. The maximum Gasteiger partial charge on any atom is 0.0406 e. The molecule has 1 fully saturated rings. The summed E-state index contributed by atoms with van der Waals surface area (Å²) in [5, 5.41) is 4.36. The third-order valence-corrected chi connectivity index (χ3v) is 3.19. The van der Waals surface area contributed by atoms with Crippen LogP contribution in [0.5, 0.6) is 0 Å². The second kappa shape index (κ2) is 4.33. The summed E-state index contributed by atoms with van der Waals surface area (Å²) in [5.74, 6) is 0.830. The Balaban J connectivity index is 2.10. The van der Waals surface area contributed by atoms with Gasteiger partial charge in [0.25, 0.3) is 0 Å². The Morgan fingerprint density at radius 2 is 2.00 bits per heavy atom. The molecule has 0 aromatic heterocycles. The highest BCUT2D eigenvalue weighted by atomic mass is 35.5. The van der Waals surface area contributed by atoms with E-state index in [4.69, 9.17) is 11.6 Å². The second-order valence-electron chi connectivity index (χ2n) is 4.19. The summed E-state index contributed by atoms with van der Waals surface area (Å²) < 4.78 is 0. The lowest BCUT2D eigenvalue weighted by Gasteiger charge is -2.28. The first-order chi connectivity index (χ1) is 6.75. The number of rotatable bonds is 1. The molecule has 2 heteroatoms. The van der Waals surface area contributed by atoms with E-state index in [2.05, 4.69) is 24.4 Å². The van der Waals surface area contributed by atoms with Crippen molar-refractivity contribution >= 4 is 11.6 Å². The first-order valence-corrected chi connectivity index (χ1v) is 5.62. The van der Waals surface area contributed by atoms with E-state index in [0.717, 1.165) is 17.5 Å². The predicted octanol–water partition coefficient (Wildman–Crippen LogP) is 3.40. The molecule has 14 heavy (non-hydrogen) atoms. The highest BCUT2D eigenvalue weighted by molar-refractivity contribution is 6.30. The molecular formula is C12H16ClN. The lowest BCUT2D eigenvalue weighted by Crippen LogP contribution is -2.30. The van der Waals surface area contributed by atoms with Crippen LogP contribution in [0.2, 0.25) is 5.02 Å². The van der Waals surface area contributed by atoms with Crippen LogP contribution >= 0.6 is 11.6 Å². The first-order valence-electron chi connectivity index (χ1n) is 5.24. The first kappa shape index (κ1) is 10.0. The van der Waals surface area contributed by atoms with Gasteiger partial charge in [-0.05, 0) is 43.0 Å². The van der Waals surface area contributed by atoms with Gasteiger partial charge in [0.2, 0.25) is 0 Å². The summed E-state index contributed by atoms with van der Waals surface area (Å²) in [7, 11) is 0. The molecule has 0 amide bonds. The zero-order valence-electron chi connectivity index (χ0n) is 8.46. The number of nitrogens with one attached hydrogen (secondary N) is 1. The summed E-state index contributed by atoms with van der Waals surface area (Å²) in [6, 6.07) is 8.71. The minimum atomic E-state index is 0.524. The van der Waals surface area contributed by atoms with Crippen LogP contribution in [0, 0.1) is 5.92 Å². The molecule has 2 atom stereocenters. The topological polar surface area (TPSA) is 12.0 Å². The molecule has 1 aromatic carbocycles. The maximum absolute atomic E-state index is 5.86. The normalized spacial score (nSPS) is 27.6. The Morgan fingerprint density at radius 3 is 2.64 bits per heavy atom. The lowest BCUT2D eigenvalue weighted by atomic mass is 9.90.